The molecule has 0 saturated carbocycles. The van der Waals surface area contributed by atoms with E-state index in [-0.39, 0.29) is 18.5 Å². The van der Waals surface area contributed by atoms with Crippen LogP contribution in [0.2, 0.25) is 0 Å². The van der Waals surface area contributed by atoms with Crippen LogP contribution < -0.4 is 5.32 Å². The van der Waals surface area contributed by atoms with E-state index in [2.05, 4.69) is 15.5 Å². The van der Waals surface area contributed by atoms with Crippen molar-refractivity contribution in [1.29, 1.82) is 0 Å². The van der Waals surface area contributed by atoms with Crippen molar-refractivity contribution in [2.75, 3.05) is 5.32 Å². The molecule has 0 aliphatic rings. The number of carbonyl (C=O) groups is 1. The molecule has 0 unspecified atom stereocenters. The molecule has 0 saturated heterocycles. The Labute approximate surface area is 159 Å². The van der Waals surface area contributed by atoms with Gasteiger partial charge < -0.3 is 9.84 Å². The number of fused-ring (bicyclic) bond motifs is 1. The lowest BCUT2D eigenvalue weighted by Crippen LogP contribution is -2.13. The minimum atomic E-state index is -0.829. The van der Waals surface area contributed by atoms with Crippen molar-refractivity contribution < 1.29 is 18.1 Å². The lowest BCUT2D eigenvalue weighted by Gasteiger charge is -2.05. The van der Waals surface area contributed by atoms with E-state index in [1.54, 1.807) is 0 Å². The van der Waals surface area contributed by atoms with Crippen LogP contribution in [0.4, 0.5) is 14.5 Å². The van der Waals surface area contributed by atoms with E-state index in [4.69, 9.17) is 4.52 Å². The summed E-state index contributed by atoms with van der Waals surface area (Å²) in [5, 5.41) is 8.47. The summed E-state index contributed by atoms with van der Waals surface area (Å²) in [6.45, 7) is 0. The largest absolute Gasteiger partial charge is 0.339 e. The normalized spacial score (nSPS) is 10.9. The molecule has 5 nitrogen and oxygen atoms in total. The molecule has 0 fully saturated rings. The van der Waals surface area contributed by atoms with Crippen LogP contribution in [-0.2, 0) is 11.2 Å². The number of benzene rings is 3. The Bertz CT molecular complexity index is 1150. The molecular weight excluding hydrogens is 364 g/mol. The molecule has 1 aromatic heterocycles. The first-order chi connectivity index (χ1) is 13.6. The molecule has 0 aliphatic heterocycles. The number of amides is 1. The van der Waals surface area contributed by atoms with E-state index in [0.717, 1.165) is 22.4 Å². The van der Waals surface area contributed by atoms with Crippen molar-refractivity contribution in [3.63, 3.8) is 0 Å². The molecule has 28 heavy (non-hydrogen) atoms. The van der Waals surface area contributed by atoms with E-state index < -0.39 is 17.5 Å². The number of rotatable bonds is 5. The standard InChI is InChI=1S/C21H15F2N3O2/c22-14-8-9-18(17(23)12-14)24-19(27)10-11-20-25-21(26-28-20)16-7-3-5-13-4-1-2-6-15(13)16/h1-9,12H,10-11H2,(H,24,27). The average Bonchev–Trinajstić information content (AvgIpc) is 3.17. The number of nitrogens with zero attached hydrogens (tertiary/aromatic N) is 2. The van der Waals surface area contributed by atoms with Gasteiger partial charge in [0.05, 0.1) is 5.69 Å². The molecule has 0 atom stereocenters. The van der Waals surface area contributed by atoms with Gasteiger partial charge in [-0.3, -0.25) is 4.79 Å². The van der Waals surface area contributed by atoms with Crippen molar-refractivity contribution in [3.8, 4) is 11.4 Å². The van der Waals surface area contributed by atoms with Crippen molar-refractivity contribution in [2.24, 2.45) is 0 Å². The minimum absolute atomic E-state index is 0.0218. The van der Waals surface area contributed by atoms with Crippen LogP contribution in [0.25, 0.3) is 22.2 Å². The Hall–Kier alpha value is -3.61. The second-order valence-corrected chi connectivity index (χ2v) is 6.21. The van der Waals surface area contributed by atoms with Gasteiger partial charge in [-0.2, -0.15) is 4.98 Å². The quantitative estimate of drug-likeness (QED) is 0.544. The predicted octanol–water partition coefficient (Wildman–Crippen LogP) is 4.74. The third-order valence-corrected chi connectivity index (χ3v) is 4.27. The summed E-state index contributed by atoms with van der Waals surface area (Å²) in [7, 11) is 0. The van der Waals surface area contributed by atoms with Gasteiger partial charge in [-0.1, -0.05) is 47.6 Å². The molecule has 0 spiro atoms. The highest BCUT2D eigenvalue weighted by atomic mass is 19.1. The number of halogens is 2. The van der Waals surface area contributed by atoms with E-state index in [1.807, 2.05) is 42.5 Å². The zero-order valence-corrected chi connectivity index (χ0v) is 14.7. The van der Waals surface area contributed by atoms with Crippen LogP contribution >= 0.6 is 0 Å². The molecule has 4 rings (SSSR count). The molecule has 3 aromatic carbocycles. The van der Waals surface area contributed by atoms with Gasteiger partial charge in [-0.15, -0.1) is 0 Å². The van der Waals surface area contributed by atoms with Crippen LogP contribution in [0, 0.1) is 11.6 Å². The van der Waals surface area contributed by atoms with Gasteiger partial charge in [0.25, 0.3) is 0 Å². The van der Waals surface area contributed by atoms with Gasteiger partial charge in [-0.05, 0) is 22.9 Å². The second-order valence-electron chi connectivity index (χ2n) is 6.21. The zero-order valence-electron chi connectivity index (χ0n) is 14.7. The summed E-state index contributed by atoms with van der Waals surface area (Å²) in [5.74, 6) is -1.23. The van der Waals surface area contributed by atoms with E-state index >= 15 is 0 Å². The summed E-state index contributed by atoms with van der Waals surface area (Å²) in [5.41, 5.74) is 0.763. The van der Waals surface area contributed by atoms with Gasteiger partial charge in [0.1, 0.15) is 11.6 Å². The lowest BCUT2D eigenvalue weighted by molar-refractivity contribution is -0.116. The monoisotopic (exact) mass is 379 g/mol. The van der Waals surface area contributed by atoms with Crippen LogP contribution in [0.15, 0.2) is 65.2 Å². The first kappa shape index (κ1) is 17.8. The topological polar surface area (TPSA) is 68.0 Å². The van der Waals surface area contributed by atoms with Crippen molar-refractivity contribution in [1.82, 2.24) is 10.1 Å². The molecule has 0 aliphatic carbocycles. The smallest absolute Gasteiger partial charge is 0.227 e. The number of anilines is 1. The minimum Gasteiger partial charge on any atom is -0.339 e. The van der Waals surface area contributed by atoms with E-state index in [9.17, 15) is 13.6 Å². The SMILES string of the molecule is O=C(CCc1nc(-c2cccc3ccccc23)no1)Nc1ccc(F)cc1F. The highest BCUT2D eigenvalue weighted by molar-refractivity contribution is 5.95. The fourth-order valence-corrected chi connectivity index (χ4v) is 2.91. The maximum absolute atomic E-state index is 13.6. The van der Waals surface area contributed by atoms with Crippen LogP contribution in [0.1, 0.15) is 12.3 Å². The first-order valence-electron chi connectivity index (χ1n) is 8.66. The maximum atomic E-state index is 13.6. The van der Waals surface area contributed by atoms with Crippen molar-refractivity contribution in [2.45, 2.75) is 12.8 Å². The highest BCUT2D eigenvalue weighted by Crippen LogP contribution is 2.26. The molecule has 0 radical (unpaired) electrons. The zero-order chi connectivity index (χ0) is 19.5. The molecule has 4 aromatic rings. The fraction of sp³-hybridized carbons (Fsp3) is 0.0952. The summed E-state index contributed by atoms with van der Waals surface area (Å²) >= 11 is 0. The van der Waals surface area contributed by atoms with Gasteiger partial charge in [-0.25, -0.2) is 8.78 Å². The molecule has 7 heteroatoms. The maximum Gasteiger partial charge on any atom is 0.227 e. The Morgan fingerprint density at radius 2 is 1.86 bits per heavy atom. The van der Waals surface area contributed by atoms with Crippen molar-refractivity contribution >= 4 is 22.4 Å². The Morgan fingerprint density at radius 1 is 1.04 bits per heavy atom. The summed E-state index contributed by atoms with van der Waals surface area (Å²) in [6, 6.07) is 16.6. The predicted molar refractivity (Wildman–Crippen MR) is 101 cm³/mol. The van der Waals surface area contributed by atoms with Crippen LogP contribution in [0.5, 0.6) is 0 Å². The summed E-state index contributed by atoms with van der Waals surface area (Å²) in [6.07, 6.45) is 0.223. The second kappa shape index (κ2) is 7.56. The Balaban J connectivity index is 1.44. The number of aryl methyl sites for hydroxylation is 1. The third kappa shape index (κ3) is 3.73. The highest BCUT2D eigenvalue weighted by Gasteiger charge is 2.14. The average molecular weight is 379 g/mol. The first-order valence-corrected chi connectivity index (χ1v) is 8.66. The third-order valence-electron chi connectivity index (χ3n) is 4.27. The van der Waals surface area contributed by atoms with Gasteiger partial charge in [0.2, 0.25) is 17.6 Å². The molecule has 1 amide bonds. The number of aromatic nitrogens is 2. The van der Waals surface area contributed by atoms with Crippen LogP contribution in [0.3, 0.4) is 0 Å². The van der Waals surface area contributed by atoms with E-state index in [0.29, 0.717) is 17.8 Å². The number of carbonyl (C=O) groups excluding carboxylic acids is 1. The molecular formula is C21H15F2N3O2. The Morgan fingerprint density at radius 3 is 2.71 bits per heavy atom. The van der Waals surface area contributed by atoms with Gasteiger partial charge >= 0.3 is 0 Å². The molecule has 1 heterocycles. The molecule has 0 bridgehead atoms. The fourth-order valence-electron chi connectivity index (χ4n) is 2.91. The van der Waals surface area contributed by atoms with Gasteiger partial charge in [0, 0.05) is 24.5 Å². The number of nitrogens with one attached hydrogen (secondary N) is 1. The van der Waals surface area contributed by atoms with Gasteiger partial charge in [0.15, 0.2) is 0 Å². The molecule has 1 N–H and O–H groups in total. The Kier molecular flexibility index (Phi) is 4.80. The van der Waals surface area contributed by atoms with Crippen molar-refractivity contribution in [3.05, 3.63) is 78.2 Å². The summed E-state index contributed by atoms with van der Waals surface area (Å²) in [4.78, 5) is 16.4. The number of hydrogen-bond acceptors (Lipinski definition) is 4. The molecule has 140 valence electrons. The summed E-state index contributed by atoms with van der Waals surface area (Å²) < 4.78 is 31.8. The van der Waals surface area contributed by atoms with E-state index in [1.165, 1.54) is 6.07 Å². The number of hydrogen-bond donors (Lipinski definition) is 1. The van der Waals surface area contributed by atoms with Crippen LogP contribution in [-0.4, -0.2) is 16.0 Å². The lowest BCUT2D eigenvalue weighted by atomic mass is 10.0.